The van der Waals surface area contributed by atoms with Crippen LogP contribution in [0, 0.1) is 0 Å². The SMILES string of the molecule is CCOC(=O)C(OC(=O)Cl)OC(=O)C(C)Oc1ccc(Cl)cc1Cl. The Bertz CT molecular complexity index is 620. The first-order chi connectivity index (χ1) is 11.2. The van der Waals surface area contributed by atoms with Crippen molar-refractivity contribution in [3.05, 3.63) is 28.2 Å². The third kappa shape index (κ3) is 6.43. The van der Waals surface area contributed by atoms with Gasteiger partial charge in [0.25, 0.3) is 0 Å². The minimum Gasteiger partial charge on any atom is -0.477 e. The van der Waals surface area contributed by atoms with E-state index >= 15 is 0 Å². The third-order valence-electron chi connectivity index (χ3n) is 2.43. The highest BCUT2D eigenvalue weighted by atomic mass is 35.5. The van der Waals surface area contributed by atoms with E-state index in [-0.39, 0.29) is 17.4 Å². The molecule has 0 amide bonds. The number of hydrogen-bond acceptors (Lipinski definition) is 7. The Kier molecular flexibility index (Phi) is 8.10. The van der Waals surface area contributed by atoms with Crippen LogP contribution < -0.4 is 4.74 Å². The number of halogens is 3. The van der Waals surface area contributed by atoms with Gasteiger partial charge in [-0.2, -0.15) is 0 Å². The van der Waals surface area contributed by atoms with Gasteiger partial charge < -0.3 is 18.9 Å². The first-order valence-electron chi connectivity index (χ1n) is 6.59. The summed E-state index contributed by atoms with van der Waals surface area (Å²) in [6.07, 6.45) is -3.11. The van der Waals surface area contributed by atoms with Gasteiger partial charge in [-0.15, -0.1) is 0 Å². The number of hydrogen-bond donors (Lipinski definition) is 0. The average Bonchev–Trinajstić information content (AvgIpc) is 2.49. The zero-order valence-corrected chi connectivity index (χ0v) is 14.9. The predicted molar refractivity (Wildman–Crippen MR) is 85.4 cm³/mol. The number of esters is 2. The van der Waals surface area contributed by atoms with Crippen LogP contribution in [0.1, 0.15) is 13.8 Å². The van der Waals surface area contributed by atoms with Gasteiger partial charge in [0.15, 0.2) is 6.10 Å². The fraction of sp³-hybridized carbons (Fsp3) is 0.357. The van der Waals surface area contributed by atoms with E-state index in [0.717, 1.165) is 0 Å². The molecule has 2 atom stereocenters. The summed E-state index contributed by atoms with van der Waals surface area (Å²) < 4.78 is 19.0. The van der Waals surface area contributed by atoms with E-state index in [1.54, 1.807) is 0 Å². The summed E-state index contributed by atoms with van der Waals surface area (Å²) >= 11 is 16.7. The van der Waals surface area contributed by atoms with Crippen molar-refractivity contribution in [3.8, 4) is 5.75 Å². The summed E-state index contributed by atoms with van der Waals surface area (Å²) in [4.78, 5) is 34.3. The molecule has 0 N–H and O–H groups in total. The molecule has 0 bridgehead atoms. The molecule has 0 aliphatic heterocycles. The van der Waals surface area contributed by atoms with Gasteiger partial charge in [0.2, 0.25) is 0 Å². The Balaban J connectivity index is 2.74. The molecule has 2 unspecified atom stereocenters. The van der Waals surface area contributed by atoms with Crippen LogP contribution in [0.25, 0.3) is 0 Å². The smallest absolute Gasteiger partial charge is 0.407 e. The van der Waals surface area contributed by atoms with Crippen molar-refractivity contribution >= 4 is 52.2 Å². The van der Waals surface area contributed by atoms with Crippen molar-refractivity contribution in [2.45, 2.75) is 26.2 Å². The molecule has 0 radical (unpaired) electrons. The van der Waals surface area contributed by atoms with E-state index in [9.17, 15) is 14.4 Å². The maximum Gasteiger partial charge on any atom is 0.407 e. The molecule has 10 heteroatoms. The second-order valence-corrected chi connectivity index (χ2v) is 5.36. The highest BCUT2D eigenvalue weighted by Crippen LogP contribution is 2.28. The largest absolute Gasteiger partial charge is 0.477 e. The molecule has 7 nitrogen and oxygen atoms in total. The molecule has 24 heavy (non-hydrogen) atoms. The van der Waals surface area contributed by atoms with Gasteiger partial charge in [0.1, 0.15) is 5.75 Å². The topological polar surface area (TPSA) is 88.1 Å². The van der Waals surface area contributed by atoms with Crippen LogP contribution >= 0.6 is 34.8 Å². The van der Waals surface area contributed by atoms with Crippen molar-refractivity contribution in [2.75, 3.05) is 6.61 Å². The summed E-state index contributed by atoms with van der Waals surface area (Å²) in [5.74, 6) is -1.92. The van der Waals surface area contributed by atoms with E-state index in [4.69, 9.17) is 44.3 Å². The Morgan fingerprint density at radius 3 is 2.33 bits per heavy atom. The van der Waals surface area contributed by atoms with Crippen LogP contribution in [-0.4, -0.2) is 36.4 Å². The second-order valence-electron chi connectivity index (χ2n) is 4.21. The van der Waals surface area contributed by atoms with Crippen LogP contribution in [0.3, 0.4) is 0 Å². The van der Waals surface area contributed by atoms with Crippen LogP contribution in [0.2, 0.25) is 10.0 Å². The quantitative estimate of drug-likeness (QED) is 0.393. The number of rotatable bonds is 7. The Morgan fingerprint density at radius 2 is 1.79 bits per heavy atom. The van der Waals surface area contributed by atoms with Gasteiger partial charge >= 0.3 is 23.7 Å². The van der Waals surface area contributed by atoms with Crippen LogP contribution in [0.5, 0.6) is 5.75 Å². The summed E-state index contributed by atoms with van der Waals surface area (Å²) in [7, 11) is 0. The van der Waals surface area contributed by atoms with Crippen LogP contribution in [-0.2, 0) is 23.8 Å². The summed E-state index contributed by atoms with van der Waals surface area (Å²) in [5, 5.41) is 0.565. The van der Waals surface area contributed by atoms with Crippen molar-refractivity contribution in [1.29, 1.82) is 0 Å². The predicted octanol–water partition coefficient (Wildman–Crippen LogP) is 3.57. The number of carbonyl (C=O) groups is 3. The third-order valence-corrected chi connectivity index (χ3v) is 3.05. The highest BCUT2D eigenvalue weighted by Gasteiger charge is 2.31. The van der Waals surface area contributed by atoms with E-state index in [0.29, 0.717) is 5.02 Å². The average molecular weight is 400 g/mol. The molecular formula is C14H13Cl3O7. The number of ether oxygens (including phenoxy) is 4. The van der Waals surface area contributed by atoms with Gasteiger partial charge in [0, 0.05) is 16.6 Å². The standard InChI is InChI=1S/C14H13Cl3O7/c1-3-21-12(19)13(24-14(17)20)23-11(18)7(2)22-10-5-4-8(15)6-9(10)16/h4-7,13H,3H2,1-2H3. The lowest BCUT2D eigenvalue weighted by Gasteiger charge is -2.19. The van der Waals surface area contributed by atoms with E-state index in [2.05, 4.69) is 9.47 Å². The summed E-state index contributed by atoms with van der Waals surface area (Å²) in [5.41, 5.74) is -1.34. The molecule has 0 aromatic heterocycles. The molecular weight excluding hydrogens is 387 g/mol. The first kappa shape index (κ1) is 20.3. The number of carbonyl (C=O) groups excluding carboxylic acids is 3. The molecule has 0 saturated carbocycles. The minimum atomic E-state index is -1.94. The van der Waals surface area contributed by atoms with E-state index < -0.39 is 29.8 Å². The lowest BCUT2D eigenvalue weighted by molar-refractivity contribution is -0.193. The van der Waals surface area contributed by atoms with Crippen molar-refractivity contribution in [2.24, 2.45) is 0 Å². The maximum atomic E-state index is 12.0. The van der Waals surface area contributed by atoms with Gasteiger partial charge in [0.05, 0.1) is 11.6 Å². The zero-order chi connectivity index (χ0) is 18.3. The van der Waals surface area contributed by atoms with Gasteiger partial charge in [-0.05, 0) is 32.0 Å². The highest BCUT2D eigenvalue weighted by molar-refractivity contribution is 6.61. The van der Waals surface area contributed by atoms with Crippen LogP contribution in [0.15, 0.2) is 18.2 Å². The lowest BCUT2D eigenvalue weighted by Crippen LogP contribution is -2.37. The normalized spacial score (nSPS) is 12.7. The molecule has 1 rings (SSSR count). The fourth-order valence-electron chi connectivity index (χ4n) is 1.43. The van der Waals surface area contributed by atoms with E-state index in [1.807, 2.05) is 0 Å². The molecule has 0 aliphatic rings. The zero-order valence-electron chi connectivity index (χ0n) is 12.6. The summed E-state index contributed by atoms with van der Waals surface area (Å²) in [6.45, 7) is 2.85. The second kappa shape index (κ2) is 9.56. The molecule has 0 fully saturated rings. The molecule has 132 valence electrons. The first-order valence-corrected chi connectivity index (χ1v) is 7.73. The van der Waals surface area contributed by atoms with Crippen molar-refractivity contribution < 1.29 is 33.3 Å². The Morgan fingerprint density at radius 1 is 1.12 bits per heavy atom. The van der Waals surface area contributed by atoms with Gasteiger partial charge in [-0.1, -0.05) is 23.2 Å². The van der Waals surface area contributed by atoms with Gasteiger partial charge in [-0.25, -0.2) is 14.4 Å². The van der Waals surface area contributed by atoms with Crippen molar-refractivity contribution in [3.63, 3.8) is 0 Å². The minimum absolute atomic E-state index is 0.0147. The Labute approximate surface area is 152 Å². The molecule has 1 aromatic rings. The van der Waals surface area contributed by atoms with E-state index in [1.165, 1.54) is 32.0 Å². The molecule has 0 spiro atoms. The Hall–Kier alpha value is -1.70. The summed E-state index contributed by atoms with van der Waals surface area (Å²) in [6, 6.07) is 4.39. The maximum absolute atomic E-state index is 12.0. The molecule has 0 heterocycles. The van der Waals surface area contributed by atoms with Gasteiger partial charge in [-0.3, -0.25) is 0 Å². The van der Waals surface area contributed by atoms with Crippen molar-refractivity contribution in [1.82, 2.24) is 0 Å². The molecule has 0 aliphatic carbocycles. The number of benzene rings is 1. The monoisotopic (exact) mass is 398 g/mol. The lowest BCUT2D eigenvalue weighted by atomic mass is 10.3. The van der Waals surface area contributed by atoms with Crippen LogP contribution in [0.4, 0.5) is 4.79 Å². The fourth-order valence-corrected chi connectivity index (χ4v) is 1.96. The molecule has 0 saturated heterocycles. The molecule has 1 aromatic carbocycles.